The van der Waals surface area contributed by atoms with Gasteiger partial charge >= 0.3 is 0 Å². The van der Waals surface area contributed by atoms with Gasteiger partial charge in [0.25, 0.3) is 0 Å². The minimum Gasteiger partial charge on any atom is -0.329 e. The van der Waals surface area contributed by atoms with E-state index in [1.165, 1.54) is 18.2 Å². The zero-order chi connectivity index (χ0) is 13.1. The van der Waals surface area contributed by atoms with Crippen LogP contribution in [-0.4, -0.2) is 14.5 Å². The van der Waals surface area contributed by atoms with Crippen molar-refractivity contribution >= 4 is 11.0 Å². The summed E-state index contributed by atoms with van der Waals surface area (Å²) >= 11 is 0. The molecule has 0 aliphatic heterocycles. The lowest BCUT2D eigenvalue weighted by Gasteiger charge is -2.17. The predicted octanol–water partition coefficient (Wildman–Crippen LogP) is 4.31. The van der Waals surface area contributed by atoms with Crippen molar-refractivity contribution in [1.29, 1.82) is 0 Å². The summed E-state index contributed by atoms with van der Waals surface area (Å²) in [6, 6.07) is 2.73. The van der Waals surface area contributed by atoms with Crippen molar-refractivity contribution in [2.45, 2.75) is 58.9 Å². The molecule has 0 spiro atoms. The summed E-state index contributed by atoms with van der Waals surface area (Å²) in [6.45, 7) is 8.85. The lowest BCUT2D eigenvalue weighted by molar-refractivity contribution is 0.458. The zero-order valence-corrected chi connectivity index (χ0v) is 11.8. The Morgan fingerprint density at radius 2 is 2.00 bits per heavy atom. The molecule has 3 heteroatoms. The minimum atomic E-state index is 0.442. The maximum atomic E-state index is 4.49. The van der Waals surface area contributed by atoms with Gasteiger partial charge in [-0.25, -0.2) is 9.97 Å². The Hall–Kier alpha value is -1.38. The van der Waals surface area contributed by atoms with E-state index >= 15 is 0 Å². The second-order valence-electron chi connectivity index (χ2n) is 5.22. The lowest BCUT2D eigenvalue weighted by Crippen LogP contribution is -2.07. The number of rotatable bonds is 5. The quantitative estimate of drug-likeness (QED) is 0.786. The van der Waals surface area contributed by atoms with Crippen LogP contribution in [0.1, 0.15) is 64.6 Å². The molecule has 2 rings (SSSR count). The Kier molecular flexibility index (Phi) is 4.00. The topological polar surface area (TPSA) is 30.7 Å². The average molecular weight is 245 g/mol. The van der Waals surface area contributed by atoms with Crippen LogP contribution < -0.4 is 0 Å². The van der Waals surface area contributed by atoms with Gasteiger partial charge < -0.3 is 4.57 Å². The fourth-order valence-electron chi connectivity index (χ4n) is 2.62. The maximum absolute atomic E-state index is 4.49. The summed E-state index contributed by atoms with van der Waals surface area (Å²) in [4.78, 5) is 8.91. The van der Waals surface area contributed by atoms with Gasteiger partial charge in [-0.15, -0.1) is 0 Å². The van der Waals surface area contributed by atoms with Crippen LogP contribution in [0, 0.1) is 0 Å². The van der Waals surface area contributed by atoms with Crippen LogP contribution in [0.3, 0.4) is 0 Å². The highest BCUT2D eigenvalue weighted by Crippen LogP contribution is 2.27. The maximum Gasteiger partial charge on any atom is 0.143 e. The van der Waals surface area contributed by atoms with Gasteiger partial charge in [-0.1, -0.05) is 34.1 Å². The van der Waals surface area contributed by atoms with E-state index in [0.717, 1.165) is 17.8 Å². The highest BCUT2D eigenvalue weighted by Gasteiger charge is 2.15. The van der Waals surface area contributed by atoms with E-state index in [2.05, 4.69) is 54.5 Å². The van der Waals surface area contributed by atoms with Crippen LogP contribution in [0.15, 0.2) is 18.6 Å². The number of hydrogen-bond donors (Lipinski definition) is 0. The molecular formula is C15H23N3. The first kappa shape index (κ1) is 13.1. The summed E-state index contributed by atoms with van der Waals surface area (Å²) in [5, 5.41) is 1.21. The molecule has 0 bridgehead atoms. The molecule has 2 aromatic heterocycles. The summed E-state index contributed by atoms with van der Waals surface area (Å²) < 4.78 is 2.33. The third-order valence-electron chi connectivity index (χ3n) is 3.57. The van der Waals surface area contributed by atoms with Crippen molar-refractivity contribution in [2.24, 2.45) is 0 Å². The van der Waals surface area contributed by atoms with Gasteiger partial charge in [-0.05, 0) is 24.8 Å². The van der Waals surface area contributed by atoms with E-state index < -0.39 is 0 Å². The molecule has 0 fully saturated rings. The lowest BCUT2D eigenvalue weighted by atomic mass is 10.1. The van der Waals surface area contributed by atoms with Crippen LogP contribution in [0.2, 0.25) is 0 Å². The van der Waals surface area contributed by atoms with E-state index in [1.807, 2.05) is 0 Å². The van der Waals surface area contributed by atoms with Gasteiger partial charge in [0, 0.05) is 17.6 Å². The van der Waals surface area contributed by atoms with Crippen molar-refractivity contribution in [1.82, 2.24) is 14.5 Å². The van der Waals surface area contributed by atoms with Gasteiger partial charge in [0.15, 0.2) is 0 Å². The Labute approximate surface area is 109 Å². The Morgan fingerprint density at radius 3 is 2.61 bits per heavy atom. The number of nitrogens with zero attached hydrogens (tertiary/aromatic N) is 3. The average Bonchev–Trinajstić information content (AvgIpc) is 2.79. The molecule has 2 aromatic rings. The molecule has 0 aromatic carbocycles. The van der Waals surface area contributed by atoms with Gasteiger partial charge in [-0.3, -0.25) is 0 Å². The van der Waals surface area contributed by atoms with Gasteiger partial charge in [0.1, 0.15) is 12.0 Å². The summed E-state index contributed by atoms with van der Waals surface area (Å²) in [7, 11) is 0. The van der Waals surface area contributed by atoms with E-state index in [1.54, 1.807) is 6.33 Å². The first-order valence-corrected chi connectivity index (χ1v) is 7.00. The number of hydrogen-bond acceptors (Lipinski definition) is 2. The minimum absolute atomic E-state index is 0.442. The Bertz CT molecular complexity index is 513. The van der Waals surface area contributed by atoms with Gasteiger partial charge in [-0.2, -0.15) is 0 Å². The van der Waals surface area contributed by atoms with Crippen molar-refractivity contribution in [3.63, 3.8) is 0 Å². The predicted molar refractivity (Wildman–Crippen MR) is 75.9 cm³/mol. The smallest absolute Gasteiger partial charge is 0.143 e. The van der Waals surface area contributed by atoms with Crippen LogP contribution in [0.25, 0.3) is 11.0 Å². The molecule has 18 heavy (non-hydrogen) atoms. The summed E-state index contributed by atoms with van der Waals surface area (Å²) in [5.41, 5.74) is 2.25. The molecule has 0 amide bonds. The Morgan fingerprint density at radius 1 is 1.22 bits per heavy atom. The highest BCUT2D eigenvalue weighted by molar-refractivity contribution is 5.79. The third-order valence-corrected chi connectivity index (χ3v) is 3.57. The molecule has 0 saturated carbocycles. The molecule has 0 aliphatic rings. The third kappa shape index (κ3) is 2.26. The second kappa shape index (κ2) is 5.51. The first-order chi connectivity index (χ1) is 8.69. The molecule has 3 nitrogen and oxygen atoms in total. The standard InChI is InChI=1S/C15H23N3/c1-5-7-12(6-2)18-9-8-13-14(11(3)4)16-10-17-15(13)18/h8-12H,5-7H2,1-4H3. The number of fused-ring (bicyclic) bond motifs is 1. The summed E-state index contributed by atoms with van der Waals surface area (Å²) in [6.07, 6.45) is 7.45. The molecule has 0 N–H and O–H groups in total. The molecule has 1 atom stereocenters. The SMILES string of the molecule is CCCC(CC)n1ccc2c(C(C)C)ncnc21. The van der Waals surface area contributed by atoms with Crippen LogP contribution in [-0.2, 0) is 0 Å². The number of aromatic nitrogens is 3. The second-order valence-corrected chi connectivity index (χ2v) is 5.22. The normalized spacial score (nSPS) is 13.4. The molecule has 0 radical (unpaired) electrons. The van der Waals surface area contributed by atoms with Gasteiger partial charge in [0.05, 0.1) is 5.69 Å². The van der Waals surface area contributed by atoms with Crippen LogP contribution in [0.4, 0.5) is 0 Å². The fourth-order valence-corrected chi connectivity index (χ4v) is 2.62. The van der Waals surface area contributed by atoms with E-state index in [9.17, 15) is 0 Å². The molecular weight excluding hydrogens is 222 g/mol. The van der Waals surface area contributed by atoms with Gasteiger partial charge in [0.2, 0.25) is 0 Å². The zero-order valence-electron chi connectivity index (χ0n) is 11.8. The van der Waals surface area contributed by atoms with Crippen LogP contribution in [0.5, 0.6) is 0 Å². The summed E-state index contributed by atoms with van der Waals surface area (Å²) in [5.74, 6) is 0.442. The largest absolute Gasteiger partial charge is 0.329 e. The molecule has 98 valence electrons. The fraction of sp³-hybridized carbons (Fsp3) is 0.600. The molecule has 0 saturated heterocycles. The highest BCUT2D eigenvalue weighted by atomic mass is 15.1. The monoisotopic (exact) mass is 245 g/mol. The Balaban J connectivity index is 2.51. The molecule has 0 aliphatic carbocycles. The van der Waals surface area contributed by atoms with Crippen LogP contribution >= 0.6 is 0 Å². The van der Waals surface area contributed by atoms with E-state index in [0.29, 0.717) is 12.0 Å². The molecule has 2 heterocycles. The molecule has 1 unspecified atom stereocenters. The first-order valence-electron chi connectivity index (χ1n) is 7.00. The van der Waals surface area contributed by atoms with E-state index in [-0.39, 0.29) is 0 Å². The van der Waals surface area contributed by atoms with Crippen molar-refractivity contribution < 1.29 is 0 Å². The van der Waals surface area contributed by atoms with E-state index in [4.69, 9.17) is 0 Å². The van der Waals surface area contributed by atoms with Crippen molar-refractivity contribution in [3.05, 3.63) is 24.3 Å². The van der Waals surface area contributed by atoms with Crippen molar-refractivity contribution in [2.75, 3.05) is 0 Å². The van der Waals surface area contributed by atoms with Crippen molar-refractivity contribution in [3.8, 4) is 0 Å².